The molecule has 1 N–H and O–H groups in total. The SMILES string of the molecule is CNC(c1ccn(C)n1)c1cc2c(s1)CCCC2. The minimum atomic E-state index is 0.238. The van der Waals surface area contributed by atoms with Gasteiger partial charge in [0.05, 0.1) is 11.7 Å². The quantitative estimate of drug-likeness (QED) is 0.920. The minimum Gasteiger partial charge on any atom is -0.307 e. The fourth-order valence-electron chi connectivity index (χ4n) is 2.68. The molecule has 3 rings (SSSR count). The molecule has 2 aromatic rings. The Hall–Kier alpha value is -1.13. The van der Waals surface area contributed by atoms with Gasteiger partial charge in [0.1, 0.15) is 0 Å². The Bertz CT molecular complexity index is 517. The first-order chi connectivity index (χ1) is 8.78. The Balaban J connectivity index is 1.94. The normalized spacial score (nSPS) is 16.6. The lowest BCUT2D eigenvalue weighted by Crippen LogP contribution is -2.17. The number of fused-ring (bicyclic) bond motifs is 1. The molecule has 0 saturated heterocycles. The second kappa shape index (κ2) is 4.86. The summed E-state index contributed by atoms with van der Waals surface area (Å²) >= 11 is 1.96. The van der Waals surface area contributed by atoms with Crippen molar-refractivity contribution in [3.05, 3.63) is 39.3 Å². The molecule has 0 radical (unpaired) electrons. The monoisotopic (exact) mass is 261 g/mol. The number of hydrogen-bond acceptors (Lipinski definition) is 3. The third-order valence-corrected chi connectivity index (χ3v) is 4.92. The van der Waals surface area contributed by atoms with Crippen molar-refractivity contribution in [3.63, 3.8) is 0 Å². The predicted octanol–water partition coefficient (Wildman–Crippen LogP) is 2.67. The third kappa shape index (κ3) is 2.10. The molecule has 1 aliphatic rings. The fraction of sp³-hybridized carbons (Fsp3) is 0.500. The second-order valence-electron chi connectivity index (χ2n) is 4.94. The molecule has 4 heteroatoms. The van der Waals surface area contributed by atoms with Gasteiger partial charge in [-0.2, -0.15) is 5.10 Å². The molecule has 1 unspecified atom stereocenters. The zero-order valence-corrected chi connectivity index (χ0v) is 11.8. The van der Waals surface area contributed by atoms with E-state index in [1.54, 1.807) is 10.4 Å². The number of nitrogens with zero attached hydrogens (tertiary/aromatic N) is 2. The maximum absolute atomic E-state index is 4.53. The number of hydrogen-bond donors (Lipinski definition) is 1. The van der Waals surface area contributed by atoms with Gasteiger partial charge in [0.15, 0.2) is 0 Å². The summed E-state index contributed by atoms with van der Waals surface area (Å²) in [5, 5.41) is 7.92. The van der Waals surface area contributed by atoms with Gasteiger partial charge in [0.25, 0.3) is 0 Å². The molecule has 18 heavy (non-hydrogen) atoms. The topological polar surface area (TPSA) is 29.9 Å². The van der Waals surface area contributed by atoms with Crippen LogP contribution in [0.25, 0.3) is 0 Å². The van der Waals surface area contributed by atoms with Crippen LogP contribution in [0.4, 0.5) is 0 Å². The van der Waals surface area contributed by atoms with Gasteiger partial charge in [-0.3, -0.25) is 4.68 Å². The largest absolute Gasteiger partial charge is 0.307 e. The average Bonchev–Trinajstić information content (AvgIpc) is 2.96. The Kier molecular flexibility index (Phi) is 3.22. The van der Waals surface area contributed by atoms with Crippen LogP contribution in [0.15, 0.2) is 18.3 Å². The lowest BCUT2D eigenvalue weighted by atomic mass is 9.98. The number of aromatic nitrogens is 2. The zero-order valence-electron chi connectivity index (χ0n) is 10.9. The van der Waals surface area contributed by atoms with Crippen molar-refractivity contribution in [2.24, 2.45) is 7.05 Å². The first-order valence-corrected chi connectivity index (χ1v) is 7.38. The van der Waals surface area contributed by atoms with Crippen LogP contribution in [0.3, 0.4) is 0 Å². The first-order valence-electron chi connectivity index (χ1n) is 6.56. The van der Waals surface area contributed by atoms with Gasteiger partial charge >= 0.3 is 0 Å². The number of aryl methyl sites for hydroxylation is 3. The maximum atomic E-state index is 4.53. The predicted molar refractivity (Wildman–Crippen MR) is 75.1 cm³/mol. The van der Waals surface area contributed by atoms with E-state index in [0.717, 1.165) is 5.69 Å². The van der Waals surface area contributed by atoms with Crippen LogP contribution >= 0.6 is 11.3 Å². The van der Waals surface area contributed by atoms with Crippen LogP contribution in [0, 0.1) is 0 Å². The van der Waals surface area contributed by atoms with E-state index in [2.05, 4.69) is 22.5 Å². The molecule has 3 nitrogen and oxygen atoms in total. The lowest BCUT2D eigenvalue weighted by molar-refractivity contribution is 0.649. The van der Waals surface area contributed by atoms with Gasteiger partial charge in [-0.05, 0) is 50.4 Å². The highest BCUT2D eigenvalue weighted by Crippen LogP contribution is 2.34. The third-order valence-electron chi connectivity index (χ3n) is 3.62. The van der Waals surface area contributed by atoms with Crippen molar-refractivity contribution in [1.29, 1.82) is 0 Å². The minimum absolute atomic E-state index is 0.238. The van der Waals surface area contributed by atoms with Crippen LogP contribution in [-0.4, -0.2) is 16.8 Å². The molecule has 1 aliphatic carbocycles. The van der Waals surface area contributed by atoms with Gasteiger partial charge in [-0.15, -0.1) is 11.3 Å². The highest BCUT2D eigenvalue weighted by Gasteiger charge is 2.20. The maximum Gasteiger partial charge on any atom is 0.0861 e. The van der Waals surface area contributed by atoms with E-state index in [1.807, 2.05) is 36.3 Å². The molecule has 0 bridgehead atoms. The molecule has 0 amide bonds. The Morgan fingerprint density at radius 1 is 1.39 bits per heavy atom. The second-order valence-corrected chi connectivity index (χ2v) is 6.11. The average molecular weight is 261 g/mol. The summed E-state index contributed by atoms with van der Waals surface area (Å²) in [5.74, 6) is 0. The molecule has 0 saturated carbocycles. The lowest BCUT2D eigenvalue weighted by Gasteiger charge is -2.11. The molecule has 96 valence electrons. The van der Waals surface area contributed by atoms with Crippen LogP contribution in [0.1, 0.15) is 39.9 Å². The van der Waals surface area contributed by atoms with Crippen LogP contribution in [0.2, 0.25) is 0 Å². The smallest absolute Gasteiger partial charge is 0.0861 e. The Morgan fingerprint density at radius 3 is 2.89 bits per heavy atom. The fourth-order valence-corrected chi connectivity index (χ4v) is 4.06. The van der Waals surface area contributed by atoms with Gasteiger partial charge in [0.2, 0.25) is 0 Å². The Morgan fingerprint density at radius 2 is 2.22 bits per heavy atom. The molecule has 2 aromatic heterocycles. The molecule has 0 aliphatic heterocycles. The summed E-state index contributed by atoms with van der Waals surface area (Å²) in [6, 6.07) is 4.72. The van der Waals surface area contributed by atoms with E-state index in [1.165, 1.54) is 30.6 Å². The van der Waals surface area contributed by atoms with E-state index >= 15 is 0 Å². The van der Waals surface area contributed by atoms with Crippen LogP contribution in [0.5, 0.6) is 0 Å². The Labute approximate surface area is 112 Å². The molecule has 0 fully saturated rings. The zero-order chi connectivity index (χ0) is 12.5. The van der Waals surface area contributed by atoms with E-state index in [9.17, 15) is 0 Å². The van der Waals surface area contributed by atoms with Gasteiger partial charge in [0, 0.05) is 23.0 Å². The van der Waals surface area contributed by atoms with Gasteiger partial charge in [-0.25, -0.2) is 0 Å². The summed E-state index contributed by atoms with van der Waals surface area (Å²) in [6.07, 6.45) is 7.22. The molecular weight excluding hydrogens is 242 g/mol. The van der Waals surface area contributed by atoms with Gasteiger partial charge in [-0.1, -0.05) is 0 Å². The van der Waals surface area contributed by atoms with Crippen LogP contribution < -0.4 is 5.32 Å². The molecule has 2 heterocycles. The summed E-state index contributed by atoms with van der Waals surface area (Å²) in [4.78, 5) is 3.00. The molecule has 0 spiro atoms. The van der Waals surface area contributed by atoms with E-state index < -0.39 is 0 Å². The van der Waals surface area contributed by atoms with Crippen molar-refractivity contribution in [1.82, 2.24) is 15.1 Å². The van der Waals surface area contributed by atoms with Crippen molar-refractivity contribution >= 4 is 11.3 Å². The summed E-state index contributed by atoms with van der Waals surface area (Å²) in [7, 11) is 3.98. The highest BCUT2D eigenvalue weighted by atomic mass is 32.1. The number of thiophene rings is 1. The van der Waals surface area contributed by atoms with Crippen molar-refractivity contribution in [3.8, 4) is 0 Å². The van der Waals surface area contributed by atoms with Crippen LogP contribution in [-0.2, 0) is 19.9 Å². The highest BCUT2D eigenvalue weighted by molar-refractivity contribution is 7.12. The molecule has 0 aromatic carbocycles. The molecular formula is C14H19N3S. The van der Waals surface area contributed by atoms with E-state index in [4.69, 9.17) is 0 Å². The van der Waals surface area contributed by atoms with Crippen molar-refractivity contribution < 1.29 is 0 Å². The van der Waals surface area contributed by atoms with E-state index in [-0.39, 0.29) is 6.04 Å². The number of rotatable bonds is 3. The summed E-state index contributed by atoms with van der Waals surface area (Å²) in [6.45, 7) is 0. The molecule has 1 atom stereocenters. The standard InChI is InChI=1S/C14H19N3S/c1-15-14(11-7-8-17(2)16-11)13-9-10-5-3-4-6-12(10)18-13/h7-9,14-15H,3-6H2,1-2H3. The van der Waals surface area contributed by atoms with Crippen molar-refractivity contribution in [2.45, 2.75) is 31.7 Å². The van der Waals surface area contributed by atoms with E-state index in [0.29, 0.717) is 0 Å². The van der Waals surface area contributed by atoms with Crippen molar-refractivity contribution in [2.75, 3.05) is 7.05 Å². The summed E-state index contributed by atoms with van der Waals surface area (Å²) < 4.78 is 1.87. The summed E-state index contributed by atoms with van der Waals surface area (Å²) in [5.41, 5.74) is 2.68. The van der Waals surface area contributed by atoms with Gasteiger partial charge < -0.3 is 5.32 Å². The number of nitrogens with one attached hydrogen (secondary N) is 1. The first kappa shape index (κ1) is 11.9.